The maximum absolute atomic E-state index is 5.88. The van der Waals surface area contributed by atoms with E-state index in [4.69, 9.17) is 13.3 Å². The van der Waals surface area contributed by atoms with Crippen LogP contribution in [-0.4, -0.2) is 40.1 Å². The van der Waals surface area contributed by atoms with E-state index in [0.29, 0.717) is 19.8 Å². The van der Waals surface area contributed by atoms with Crippen molar-refractivity contribution < 1.29 is 13.3 Å². The van der Waals surface area contributed by atoms with E-state index < -0.39 is 8.80 Å². The molecule has 0 aliphatic carbocycles. The summed E-state index contributed by atoms with van der Waals surface area (Å²) in [4.78, 5) is 0. The van der Waals surface area contributed by atoms with E-state index in [1.54, 1.807) is 0 Å². The summed E-state index contributed by atoms with van der Waals surface area (Å²) in [6.07, 6.45) is 9.41. The van der Waals surface area contributed by atoms with Crippen LogP contribution in [0.1, 0.15) is 72.6 Å². The minimum atomic E-state index is -2.41. The molecule has 6 heteroatoms. The Balaban J connectivity index is 3.65. The van der Waals surface area contributed by atoms with Crippen LogP contribution in [0.15, 0.2) is 0 Å². The Labute approximate surface area is 153 Å². The fraction of sp³-hybridized carbons (Fsp3) is 1.00. The van der Waals surface area contributed by atoms with Gasteiger partial charge >= 0.3 is 8.80 Å². The predicted octanol–water partition coefficient (Wildman–Crippen LogP) is 6.17. The van der Waals surface area contributed by atoms with E-state index in [0.717, 1.165) is 18.2 Å². The average molecular weight is 383 g/mol. The molecule has 0 atom stereocenters. The Morgan fingerprint density at radius 3 is 1.61 bits per heavy atom. The highest BCUT2D eigenvalue weighted by Crippen LogP contribution is 2.26. The Bertz CT molecular complexity index is 229. The first-order valence-corrected chi connectivity index (χ1v) is 13.8. The molecule has 0 aromatic rings. The topological polar surface area (TPSA) is 27.7 Å². The van der Waals surface area contributed by atoms with Gasteiger partial charge in [-0.25, -0.2) is 0 Å². The molecule has 0 spiro atoms. The Morgan fingerprint density at radius 1 is 0.609 bits per heavy atom. The third-order valence-corrected chi connectivity index (χ3v) is 9.20. The zero-order valence-electron chi connectivity index (χ0n) is 15.7. The van der Waals surface area contributed by atoms with E-state index in [9.17, 15) is 0 Å². The molecule has 23 heavy (non-hydrogen) atoms. The van der Waals surface area contributed by atoms with Gasteiger partial charge in [-0.2, -0.15) is 0 Å². The Kier molecular flexibility index (Phi) is 18.2. The van der Waals surface area contributed by atoms with Crippen LogP contribution in [0.3, 0.4) is 0 Å². The van der Waals surface area contributed by atoms with Gasteiger partial charge in [0.1, 0.15) is 0 Å². The number of rotatable bonds is 18. The predicted molar refractivity (Wildman–Crippen MR) is 108 cm³/mol. The minimum Gasteiger partial charge on any atom is -0.374 e. The molecular weight excluding hydrogens is 344 g/mol. The summed E-state index contributed by atoms with van der Waals surface area (Å²) in [6, 6.07) is 0.938. The SMILES string of the molecule is CCCCCCCCSSCCC[Si](OCC)(OCC)OCC. The smallest absolute Gasteiger partial charge is 0.374 e. The summed E-state index contributed by atoms with van der Waals surface area (Å²) in [5, 5.41) is 0. The first-order chi connectivity index (χ1) is 11.2. The average Bonchev–Trinajstić information content (AvgIpc) is 2.53. The summed E-state index contributed by atoms with van der Waals surface area (Å²) < 4.78 is 17.6. The number of hydrogen-bond donors (Lipinski definition) is 0. The van der Waals surface area contributed by atoms with Crippen molar-refractivity contribution in [3.05, 3.63) is 0 Å². The van der Waals surface area contributed by atoms with Crippen LogP contribution < -0.4 is 0 Å². The van der Waals surface area contributed by atoms with Crippen molar-refractivity contribution in [2.75, 3.05) is 31.3 Å². The van der Waals surface area contributed by atoms with E-state index in [1.807, 2.05) is 42.4 Å². The summed E-state index contributed by atoms with van der Waals surface area (Å²) >= 11 is 0. The third kappa shape index (κ3) is 13.7. The quantitative estimate of drug-likeness (QED) is 0.161. The largest absolute Gasteiger partial charge is 0.500 e. The molecule has 0 aliphatic heterocycles. The minimum absolute atomic E-state index is 0.673. The standard InChI is InChI=1S/C17H38O3S2Si/c1-5-9-10-11-12-13-15-21-22-16-14-17-23(18-6-2,19-7-3)20-8-4/h5-17H2,1-4H3. The maximum atomic E-state index is 5.88. The molecule has 0 saturated heterocycles. The van der Waals surface area contributed by atoms with Crippen LogP contribution in [0.25, 0.3) is 0 Å². The molecule has 0 aromatic carbocycles. The second-order valence-corrected chi connectivity index (χ2v) is 10.9. The summed E-state index contributed by atoms with van der Waals surface area (Å²) in [7, 11) is 1.59. The fourth-order valence-electron chi connectivity index (χ4n) is 2.41. The normalized spacial score (nSPS) is 12.0. The highest BCUT2D eigenvalue weighted by molar-refractivity contribution is 8.76. The van der Waals surface area contributed by atoms with Gasteiger partial charge < -0.3 is 13.3 Å². The van der Waals surface area contributed by atoms with Crippen molar-refractivity contribution in [1.82, 2.24) is 0 Å². The van der Waals surface area contributed by atoms with Crippen LogP contribution >= 0.6 is 21.6 Å². The maximum Gasteiger partial charge on any atom is 0.500 e. The zero-order chi connectivity index (χ0) is 17.2. The highest BCUT2D eigenvalue weighted by atomic mass is 33.1. The Morgan fingerprint density at radius 2 is 1.09 bits per heavy atom. The van der Waals surface area contributed by atoms with Crippen molar-refractivity contribution in [3.8, 4) is 0 Å². The number of hydrogen-bond acceptors (Lipinski definition) is 5. The molecule has 0 fully saturated rings. The molecular formula is C17H38O3S2Si. The molecule has 0 N–H and O–H groups in total. The van der Waals surface area contributed by atoms with Gasteiger partial charge in [-0.15, -0.1) is 0 Å². The second-order valence-electron chi connectivity index (χ2n) is 5.50. The van der Waals surface area contributed by atoms with Gasteiger partial charge in [-0.3, -0.25) is 0 Å². The molecule has 3 nitrogen and oxygen atoms in total. The molecule has 140 valence electrons. The van der Waals surface area contributed by atoms with Gasteiger partial charge in [0.2, 0.25) is 0 Å². The monoisotopic (exact) mass is 382 g/mol. The van der Waals surface area contributed by atoms with Crippen molar-refractivity contribution in [1.29, 1.82) is 0 Å². The first kappa shape index (κ1) is 23.8. The van der Waals surface area contributed by atoms with Crippen molar-refractivity contribution in [2.45, 2.75) is 78.7 Å². The second kappa shape index (κ2) is 17.6. The van der Waals surface area contributed by atoms with Gasteiger partial charge in [-0.05, 0) is 33.6 Å². The highest BCUT2D eigenvalue weighted by Gasteiger charge is 2.39. The van der Waals surface area contributed by atoms with Crippen molar-refractivity contribution >= 4 is 30.4 Å². The van der Waals surface area contributed by atoms with E-state index in [2.05, 4.69) is 6.92 Å². The fourth-order valence-corrected chi connectivity index (χ4v) is 7.51. The third-order valence-electron chi connectivity index (χ3n) is 3.47. The molecule has 0 bridgehead atoms. The molecule has 0 aromatic heterocycles. The molecule has 0 aliphatic rings. The molecule has 0 amide bonds. The lowest BCUT2D eigenvalue weighted by atomic mass is 10.1. The molecule has 0 unspecified atom stereocenters. The molecule has 0 rings (SSSR count). The van der Waals surface area contributed by atoms with E-state index in [1.165, 1.54) is 44.3 Å². The van der Waals surface area contributed by atoms with Gasteiger partial charge in [0, 0.05) is 37.4 Å². The van der Waals surface area contributed by atoms with Crippen LogP contribution in [0.5, 0.6) is 0 Å². The first-order valence-electron chi connectivity index (χ1n) is 9.40. The Hall–Kier alpha value is 0.797. The van der Waals surface area contributed by atoms with Gasteiger partial charge in [-0.1, -0.05) is 60.6 Å². The van der Waals surface area contributed by atoms with Crippen LogP contribution in [0.2, 0.25) is 6.04 Å². The van der Waals surface area contributed by atoms with Gasteiger partial charge in [0.15, 0.2) is 0 Å². The zero-order valence-corrected chi connectivity index (χ0v) is 18.4. The lowest BCUT2D eigenvalue weighted by Crippen LogP contribution is -2.46. The van der Waals surface area contributed by atoms with E-state index >= 15 is 0 Å². The van der Waals surface area contributed by atoms with Crippen LogP contribution in [0, 0.1) is 0 Å². The van der Waals surface area contributed by atoms with Crippen molar-refractivity contribution in [3.63, 3.8) is 0 Å². The summed E-state index contributed by atoms with van der Waals surface area (Å²) in [5.41, 5.74) is 0. The molecule has 0 heterocycles. The molecule has 0 radical (unpaired) electrons. The summed E-state index contributed by atoms with van der Waals surface area (Å²) in [5.74, 6) is 2.43. The van der Waals surface area contributed by atoms with E-state index in [-0.39, 0.29) is 0 Å². The van der Waals surface area contributed by atoms with Crippen molar-refractivity contribution in [2.24, 2.45) is 0 Å². The van der Waals surface area contributed by atoms with Crippen LogP contribution in [0.4, 0.5) is 0 Å². The van der Waals surface area contributed by atoms with Gasteiger partial charge in [0.25, 0.3) is 0 Å². The number of unbranched alkanes of at least 4 members (excludes halogenated alkanes) is 5. The lowest BCUT2D eigenvalue weighted by molar-refractivity contribution is 0.0712. The van der Waals surface area contributed by atoms with Gasteiger partial charge in [0.05, 0.1) is 0 Å². The summed E-state index contributed by atoms with van der Waals surface area (Å²) in [6.45, 7) is 10.3. The lowest BCUT2D eigenvalue weighted by Gasteiger charge is -2.28. The molecule has 0 saturated carbocycles. The van der Waals surface area contributed by atoms with Crippen LogP contribution in [-0.2, 0) is 13.3 Å².